The molecule has 0 unspecified atom stereocenters. The highest BCUT2D eigenvalue weighted by atomic mass is 16.5. The van der Waals surface area contributed by atoms with Crippen LogP contribution in [0.1, 0.15) is 19.3 Å². The maximum absolute atomic E-state index is 11.2. The first-order valence-electron chi connectivity index (χ1n) is 6.21. The van der Waals surface area contributed by atoms with Crippen LogP contribution in [0.25, 0.3) is 0 Å². The Hall–Kier alpha value is -2.11. The van der Waals surface area contributed by atoms with Crippen LogP contribution < -0.4 is 15.4 Å². The molecule has 0 aromatic carbocycles. The van der Waals surface area contributed by atoms with E-state index in [1.807, 2.05) is 12.1 Å². The van der Waals surface area contributed by atoms with Gasteiger partial charge in [0.15, 0.2) is 0 Å². The van der Waals surface area contributed by atoms with E-state index >= 15 is 0 Å². The highest BCUT2D eigenvalue weighted by Crippen LogP contribution is 2.10. The maximum atomic E-state index is 11.2. The SMILES string of the molecule is COc1cccc(NCCCCC(=O)NCC=O)n1. The minimum Gasteiger partial charge on any atom is -0.481 e. The molecule has 1 rings (SSSR count). The molecule has 0 aliphatic carbocycles. The van der Waals surface area contributed by atoms with Gasteiger partial charge < -0.3 is 20.2 Å². The lowest BCUT2D eigenvalue weighted by Crippen LogP contribution is -2.24. The first-order valence-corrected chi connectivity index (χ1v) is 6.21. The maximum Gasteiger partial charge on any atom is 0.220 e. The van der Waals surface area contributed by atoms with Crippen molar-refractivity contribution in [1.29, 1.82) is 0 Å². The molecule has 104 valence electrons. The van der Waals surface area contributed by atoms with Crippen molar-refractivity contribution in [3.8, 4) is 5.88 Å². The average Bonchev–Trinajstić information content (AvgIpc) is 2.45. The molecule has 1 amide bonds. The third-order valence-electron chi connectivity index (χ3n) is 2.45. The molecule has 1 heterocycles. The summed E-state index contributed by atoms with van der Waals surface area (Å²) in [5.41, 5.74) is 0. The van der Waals surface area contributed by atoms with Crippen LogP contribution in [0.15, 0.2) is 18.2 Å². The first kappa shape index (κ1) is 14.9. The molecule has 0 atom stereocenters. The van der Waals surface area contributed by atoms with Crippen molar-refractivity contribution in [2.24, 2.45) is 0 Å². The largest absolute Gasteiger partial charge is 0.481 e. The van der Waals surface area contributed by atoms with Gasteiger partial charge in [-0.25, -0.2) is 0 Å². The second-order valence-electron chi connectivity index (χ2n) is 3.92. The lowest BCUT2D eigenvalue weighted by molar-refractivity contribution is -0.122. The number of carbonyl (C=O) groups excluding carboxylic acids is 2. The first-order chi connectivity index (χ1) is 9.26. The molecule has 0 saturated heterocycles. The van der Waals surface area contributed by atoms with Crippen LogP contribution in [0.4, 0.5) is 5.82 Å². The predicted molar refractivity (Wildman–Crippen MR) is 72.2 cm³/mol. The molecular formula is C13H19N3O3. The number of aromatic nitrogens is 1. The van der Waals surface area contributed by atoms with E-state index in [9.17, 15) is 9.59 Å². The number of hydrogen-bond donors (Lipinski definition) is 2. The van der Waals surface area contributed by atoms with Gasteiger partial charge in [0.05, 0.1) is 13.7 Å². The second-order valence-corrected chi connectivity index (χ2v) is 3.92. The zero-order valence-corrected chi connectivity index (χ0v) is 11.0. The molecule has 6 heteroatoms. The number of amides is 1. The van der Waals surface area contributed by atoms with E-state index in [0.29, 0.717) is 18.6 Å². The summed E-state index contributed by atoms with van der Waals surface area (Å²) in [5.74, 6) is 1.23. The number of carbonyl (C=O) groups is 2. The summed E-state index contributed by atoms with van der Waals surface area (Å²) < 4.78 is 5.02. The Labute approximate surface area is 112 Å². The van der Waals surface area contributed by atoms with Gasteiger partial charge in [0.1, 0.15) is 12.1 Å². The van der Waals surface area contributed by atoms with Crippen molar-refractivity contribution in [2.45, 2.75) is 19.3 Å². The molecule has 0 aliphatic heterocycles. The number of rotatable bonds is 9. The monoisotopic (exact) mass is 265 g/mol. The fraction of sp³-hybridized carbons (Fsp3) is 0.462. The molecule has 0 radical (unpaired) electrons. The molecule has 0 bridgehead atoms. The molecule has 0 aliphatic rings. The van der Waals surface area contributed by atoms with Crippen molar-refractivity contribution in [2.75, 3.05) is 25.5 Å². The summed E-state index contributed by atoms with van der Waals surface area (Å²) in [4.78, 5) is 25.5. The van der Waals surface area contributed by atoms with E-state index in [-0.39, 0.29) is 12.5 Å². The van der Waals surface area contributed by atoms with Crippen LogP contribution in [0.2, 0.25) is 0 Å². The zero-order valence-electron chi connectivity index (χ0n) is 11.0. The van der Waals surface area contributed by atoms with E-state index in [1.165, 1.54) is 0 Å². The van der Waals surface area contributed by atoms with Gasteiger partial charge >= 0.3 is 0 Å². The van der Waals surface area contributed by atoms with Crippen molar-refractivity contribution in [1.82, 2.24) is 10.3 Å². The van der Waals surface area contributed by atoms with E-state index in [0.717, 1.165) is 25.2 Å². The molecule has 0 fully saturated rings. The highest BCUT2D eigenvalue weighted by molar-refractivity contribution is 5.78. The Morgan fingerprint density at radius 2 is 2.26 bits per heavy atom. The number of methoxy groups -OCH3 is 1. The van der Waals surface area contributed by atoms with Gasteiger partial charge in [0, 0.05) is 19.0 Å². The van der Waals surface area contributed by atoms with E-state index in [4.69, 9.17) is 4.74 Å². The molecule has 0 spiro atoms. The fourth-order valence-corrected chi connectivity index (χ4v) is 1.50. The van der Waals surface area contributed by atoms with Gasteiger partial charge in [-0.2, -0.15) is 4.98 Å². The van der Waals surface area contributed by atoms with Crippen LogP contribution in [-0.4, -0.2) is 37.4 Å². The van der Waals surface area contributed by atoms with Crippen molar-refractivity contribution in [3.63, 3.8) is 0 Å². The quantitative estimate of drug-likeness (QED) is 0.514. The minimum atomic E-state index is -0.0911. The summed E-state index contributed by atoms with van der Waals surface area (Å²) in [6.45, 7) is 0.825. The fourth-order valence-electron chi connectivity index (χ4n) is 1.50. The van der Waals surface area contributed by atoms with Crippen molar-refractivity contribution >= 4 is 18.0 Å². The number of anilines is 1. The molecule has 19 heavy (non-hydrogen) atoms. The minimum absolute atomic E-state index is 0.0881. The Bertz CT molecular complexity index is 410. The van der Waals surface area contributed by atoms with Gasteiger partial charge in [0.25, 0.3) is 0 Å². The second kappa shape index (κ2) is 8.91. The topological polar surface area (TPSA) is 80.3 Å². The number of ether oxygens (including phenoxy) is 1. The molecule has 2 N–H and O–H groups in total. The van der Waals surface area contributed by atoms with E-state index in [1.54, 1.807) is 13.2 Å². The Kier molecular flexibility index (Phi) is 7.01. The van der Waals surface area contributed by atoms with Crippen molar-refractivity contribution < 1.29 is 14.3 Å². The summed E-state index contributed by atoms with van der Waals surface area (Å²) in [6, 6.07) is 5.50. The van der Waals surface area contributed by atoms with Gasteiger partial charge in [0.2, 0.25) is 11.8 Å². The summed E-state index contributed by atoms with van der Waals surface area (Å²) in [5, 5.41) is 5.66. The summed E-state index contributed by atoms with van der Waals surface area (Å²) in [7, 11) is 1.57. The number of aldehydes is 1. The summed E-state index contributed by atoms with van der Waals surface area (Å²) in [6.07, 6.45) is 2.73. The number of hydrogen-bond acceptors (Lipinski definition) is 5. The van der Waals surface area contributed by atoms with Gasteiger partial charge in [-0.05, 0) is 18.9 Å². The van der Waals surface area contributed by atoms with Crippen LogP contribution in [-0.2, 0) is 9.59 Å². The molecule has 6 nitrogen and oxygen atoms in total. The van der Waals surface area contributed by atoms with Crippen LogP contribution in [0.5, 0.6) is 5.88 Å². The number of pyridine rings is 1. The van der Waals surface area contributed by atoms with Crippen molar-refractivity contribution in [3.05, 3.63) is 18.2 Å². The lowest BCUT2D eigenvalue weighted by atomic mass is 10.2. The molecule has 0 saturated carbocycles. The van der Waals surface area contributed by atoms with E-state index < -0.39 is 0 Å². The molecule has 1 aromatic heterocycles. The number of nitrogens with one attached hydrogen (secondary N) is 2. The van der Waals surface area contributed by atoms with Crippen LogP contribution in [0, 0.1) is 0 Å². The third kappa shape index (κ3) is 6.40. The van der Waals surface area contributed by atoms with Crippen LogP contribution >= 0.6 is 0 Å². The predicted octanol–water partition coefficient (Wildman–Crippen LogP) is 0.987. The summed E-state index contributed by atoms with van der Waals surface area (Å²) >= 11 is 0. The molecular weight excluding hydrogens is 246 g/mol. The Balaban J connectivity index is 2.13. The van der Waals surface area contributed by atoms with Crippen LogP contribution in [0.3, 0.4) is 0 Å². The number of unbranched alkanes of at least 4 members (excludes halogenated alkanes) is 1. The van der Waals surface area contributed by atoms with Gasteiger partial charge in [-0.15, -0.1) is 0 Å². The van der Waals surface area contributed by atoms with E-state index in [2.05, 4.69) is 15.6 Å². The van der Waals surface area contributed by atoms with Gasteiger partial charge in [-0.3, -0.25) is 4.79 Å². The Morgan fingerprint density at radius 3 is 3.00 bits per heavy atom. The number of nitrogens with zero attached hydrogens (tertiary/aromatic N) is 1. The third-order valence-corrected chi connectivity index (χ3v) is 2.45. The smallest absolute Gasteiger partial charge is 0.220 e. The lowest BCUT2D eigenvalue weighted by Gasteiger charge is -2.06. The Morgan fingerprint density at radius 1 is 1.42 bits per heavy atom. The standard InChI is InChI=1S/C13H19N3O3/c1-19-13-7-4-5-11(16-13)14-8-3-2-6-12(18)15-9-10-17/h4-5,7,10H,2-3,6,8-9H2,1H3,(H,14,16)(H,15,18). The average molecular weight is 265 g/mol. The normalized spacial score (nSPS) is 9.74. The zero-order chi connectivity index (χ0) is 13.9. The molecule has 1 aromatic rings. The van der Waals surface area contributed by atoms with Gasteiger partial charge in [-0.1, -0.05) is 6.07 Å². The highest BCUT2D eigenvalue weighted by Gasteiger charge is 2.00.